The van der Waals surface area contributed by atoms with Gasteiger partial charge in [0.2, 0.25) is 0 Å². The summed E-state index contributed by atoms with van der Waals surface area (Å²) < 4.78 is 1.29. The van der Waals surface area contributed by atoms with Gasteiger partial charge in [0.25, 0.3) is 0 Å². The summed E-state index contributed by atoms with van der Waals surface area (Å²) >= 11 is 1.80. The molecule has 0 saturated carbocycles. The van der Waals surface area contributed by atoms with Crippen LogP contribution in [-0.4, -0.2) is 29.5 Å². The van der Waals surface area contributed by atoms with Crippen molar-refractivity contribution < 1.29 is 0 Å². The third kappa shape index (κ3) is 2.90. The number of likely N-dealkylation sites (tertiary alicyclic amines) is 1. The van der Waals surface area contributed by atoms with Crippen LogP contribution >= 0.6 is 11.3 Å². The number of benzene rings is 1. The molecule has 1 aliphatic heterocycles. The Bertz CT molecular complexity index is 467. The molecule has 1 fully saturated rings. The van der Waals surface area contributed by atoms with Gasteiger partial charge in [-0.15, -0.1) is 11.3 Å². The first kappa shape index (κ1) is 12.1. The van der Waals surface area contributed by atoms with Crippen LogP contribution in [0.2, 0.25) is 0 Å². The van der Waals surface area contributed by atoms with Crippen molar-refractivity contribution in [3.05, 3.63) is 35.7 Å². The number of hydrogen-bond acceptors (Lipinski definition) is 3. The van der Waals surface area contributed by atoms with Gasteiger partial charge in [0.15, 0.2) is 0 Å². The van der Waals surface area contributed by atoms with Crippen molar-refractivity contribution in [2.24, 2.45) is 0 Å². The van der Waals surface area contributed by atoms with Gasteiger partial charge in [-0.1, -0.05) is 18.6 Å². The highest BCUT2D eigenvalue weighted by Gasteiger charge is 2.10. The van der Waals surface area contributed by atoms with Crippen molar-refractivity contribution in [1.82, 2.24) is 9.88 Å². The average molecular weight is 259 g/mol. The Morgan fingerprint density at radius 3 is 2.83 bits per heavy atom. The van der Waals surface area contributed by atoms with Gasteiger partial charge in [0.05, 0.1) is 15.2 Å². The van der Waals surface area contributed by atoms with E-state index < -0.39 is 0 Å². The van der Waals surface area contributed by atoms with Crippen molar-refractivity contribution in [2.45, 2.75) is 25.7 Å². The van der Waals surface area contributed by atoms with E-state index in [1.165, 1.54) is 48.6 Å². The predicted molar refractivity (Wildman–Crippen MR) is 77.9 cm³/mol. The molecule has 0 amide bonds. The first-order chi connectivity index (χ1) is 8.92. The summed E-state index contributed by atoms with van der Waals surface area (Å²) in [6.07, 6.45) is 7.58. The van der Waals surface area contributed by atoms with Crippen LogP contribution in [0, 0.1) is 6.42 Å². The van der Waals surface area contributed by atoms with Crippen LogP contribution in [-0.2, 0) is 0 Å². The summed E-state index contributed by atoms with van der Waals surface area (Å²) in [5.41, 5.74) is 1.13. The lowest BCUT2D eigenvalue weighted by Crippen LogP contribution is -2.30. The molecule has 0 bridgehead atoms. The predicted octanol–water partition coefficient (Wildman–Crippen LogP) is 3.72. The maximum absolute atomic E-state index is 4.64. The zero-order valence-corrected chi connectivity index (χ0v) is 11.5. The van der Waals surface area contributed by atoms with E-state index in [1.807, 2.05) is 0 Å². The van der Waals surface area contributed by atoms with Crippen molar-refractivity contribution in [3.8, 4) is 0 Å². The number of rotatable bonds is 4. The number of para-hydroxylation sites is 1. The third-order valence-corrected chi connectivity index (χ3v) is 4.56. The summed E-state index contributed by atoms with van der Waals surface area (Å²) in [6.45, 7) is 3.76. The second-order valence-electron chi connectivity index (χ2n) is 4.91. The molecule has 3 heteroatoms. The van der Waals surface area contributed by atoms with Crippen LogP contribution in [0.4, 0.5) is 0 Å². The van der Waals surface area contributed by atoms with E-state index in [-0.39, 0.29) is 0 Å². The number of nitrogens with zero attached hydrogens (tertiary/aromatic N) is 2. The van der Waals surface area contributed by atoms with E-state index in [9.17, 15) is 0 Å². The molecule has 0 spiro atoms. The molecule has 3 rings (SSSR count). The molecule has 0 atom stereocenters. The number of piperidine rings is 1. The Labute approximate surface area is 113 Å². The van der Waals surface area contributed by atoms with E-state index in [2.05, 4.69) is 40.6 Å². The minimum absolute atomic E-state index is 1.12. The minimum atomic E-state index is 1.12. The average Bonchev–Trinajstić information content (AvgIpc) is 2.82. The zero-order chi connectivity index (χ0) is 12.2. The van der Waals surface area contributed by atoms with Crippen LogP contribution in [0.1, 0.15) is 30.7 Å². The molecule has 1 saturated heterocycles. The Hall–Kier alpha value is -0.930. The van der Waals surface area contributed by atoms with E-state index in [1.54, 1.807) is 11.3 Å². The molecular weight excluding hydrogens is 240 g/mol. The van der Waals surface area contributed by atoms with Gasteiger partial charge in [0.1, 0.15) is 0 Å². The smallest absolute Gasteiger partial charge is 0.0977 e. The number of aromatic nitrogens is 1. The lowest BCUT2D eigenvalue weighted by molar-refractivity contribution is 0.231. The van der Waals surface area contributed by atoms with Crippen molar-refractivity contribution in [2.75, 3.05) is 19.6 Å². The van der Waals surface area contributed by atoms with Crippen molar-refractivity contribution in [1.29, 1.82) is 0 Å². The van der Waals surface area contributed by atoms with E-state index in [0.29, 0.717) is 0 Å². The summed E-state index contributed by atoms with van der Waals surface area (Å²) in [5, 5.41) is 1.17. The number of thiazole rings is 1. The molecule has 1 aromatic heterocycles. The first-order valence-electron chi connectivity index (χ1n) is 6.83. The Kier molecular flexibility index (Phi) is 3.91. The summed E-state index contributed by atoms with van der Waals surface area (Å²) in [7, 11) is 0. The van der Waals surface area contributed by atoms with Gasteiger partial charge in [-0.05, 0) is 51.0 Å². The Morgan fingerprint density at radius 2 is 2.00 bits per heavy atom. The molecular formula is C15H19N2S. The van der Waals surface area contributed by atoms with Gasteiger partial charge < -0.3 is 4.90 Å². The highest BCUT2D eigenvalue weighted by atomic mass is 32.1. The van der Waals surface area contributed by atoms with Crippen LogP contribution < -0.4 is 0 Å². The standard InChI is InChI=1S/C15H19N2S/c1-4-10-17(11-5-1)12-6-9-15-16-13-7-2-3-8-14(13)18-15/h2-3,7-9H,1,4-6,10-12H2. The fraction of sp³-hybridized carbons (Fsp3) is 0.467. The minimum Gasteiger partial charge on any atom is -0.303 e. The third-order valence-electron chi connectivity index (χ3n) is 3.52. The topological polar surface area (TPSA) is 16.1 Å². The molecule has 1 aromatic carbocycles. The fourth-order valence-electron chi connectivity index (χ4n) is 2.53. The van der Waals surface area contributed by atoms with Crippen LogP contribution in [0.3, 0.4) is 0 Å². The monoisotopic (exact) mass is 259 g/mol. The molecule has 2 aromatic rings. The number of hydrogen-bond donors (Lipinski definition) is 0. The maximum Gasteiger partial charge on any atom is 0.0977 e. The molecule has 0 N–H and O–H groups in total. The van der Waals surface area contributed by atoms with Gasteiger partial charge in [-0.2, -0.15) is 0 Å². The van der Waals surface area contributed by atoms with Gasteiger partial charge in [-0.3, -0.25) is 0 Å². The zero-order valence-electron chi connectivity index (χ0n) is 10.6. The van der Waals surface area contributed by atoms with E-state index in [0.717, 1.165) is 11.9 Å². The molecule has 1 aliphatic rings. The first-order valence-corrected chi connectivity index (χ1v) is 7.64. The lowest BCUT2D eigenvalue weighted by atomic mass is 10.1. The fourth-order valence-corrected chi connectivity index (χ4v) is 3.47. The normalized spacial score (nSPS) is 17.3. The molecule has 2 heterocycles. The summed E-state index contributed by atoms with van der Waals surface area (Å²) in [4.78, 5) is 7.22. The molecule has 0 aliphatic carbocycles. The number of fused-ring (bicyclic) bond motifs is 1. The quantitative estimate of drug-likeness (QED) is 0.832. The summed E-state index contributed by atoms with van der Waals surface area (Å²) in [6, 6.07) is 8.38. The highest BCUT2D eigenvalue weighted by Crippen LogP contribution is 2.23. The molecule has 0 unspecified atom stereocenters. The van der Waals surface area contributed by atoms with Gasteiger partial charge in [-0.25, -0.2) is 4.98 Å². The van der Waals surface area contributed by atoms with Gasteiger partial charge in [0, 0.05) is 6.42 Å². The largest absolute Gasteiger partial charge is 0.303 e. The second-order valence-corrected chi connectivity index (χ2v) is 5.98. The van der Waals surface area contributed by atoms with Crippen LogP contribution in [0.5, 0.6) is 0 Å². The molecule has 2 nitrogen and oxygen atoms in total. The Balaban J connectivity index is 1.53. The molecule has 1 radical (unpaired) electrons. The van der Waals surface area contributed by atoms with E-state index >= 15 is 0 Å². The summed E-state index contributed by atoms with van der Waals surface area (Å²) in [5.74, 6) is 0. The van der Waals surface area contributed by atoms with Crippen LogP contribution in [0.25, 0.3) is 10.2 Å². The second kappa shape index (κ2) is 5.81. The molecule has 95 valence electrons. The highest BCUT2D eigenvalue weighted by molar-refractivity contribution is 7.18. The Morgan fingerprint density at radius 1 is 1.17 bits per heavy atom. The van der Waals surface area contributed by atoms with Crippen molar-refractivity contribution >= 4 is 21.6 Å². The van der Waals surface area contributed by atoms with Crippen LogP contribution in [0.15, 0.2) is 24.3 Å². The maximum atomic E-state index is 4.64. The van der Waals surface area contributed by atoms with E-state index in [4.69, 9.17) is 0 Å². The SMILES string of the molecule is [CH](CCN1CCCCC1)c1nc2ccccc2s1. The lowest BCUT2D eigenvalue weighted by Gasteiger charge is -2.25. The van der Waals surface area contributed by atoms with Gasteiger partial charge >= 0.3 is 0 Å². The van der Waals surface area contributed by atoms with Crippen molar-refractivity contribution in [3.63, 3.8) is 0 Å². The molecule has 18 heavy (non-hydrogen) atoms.